The summed E-state index contributed by atoms with van der Waals surface area (Å²) >= 11 is 3.36. The van der Waals surface area contributed by atoms with Gasteiger partial charge in [-0.15, -0.1) is 0 Å². The third kappa shape index (κ3) is 2.99. The highest BCUT2D eigenvalue weighted by atomic mass is 79.9. The Kier molecular flexibility index (Phi) is 4.39. The number of Topliss-reactive ketones (excluding diaryl/α,β-unsaturated/α-hetero) is 1. The first kappa shape index (κ1) is 14.5. The largest absolute Gasteiger partial charge is 0.496 e. The van der Waals surface area contributed by atoms with Gasteiger partial charge in [0, 0.05) is 12.0 Å². The number of para-hydroxylation sites is 1. The van der Waals surface area contributed by atoms with Crippen LogP contribution in [0, 0.1) is 5.82 Å². The van der Waals surface area contributed by atoms with Crippen molar-refractivity contribution in [1.29, 1.82) is 0 Å². The number of ether oxygens (including phenoxy) is 1. The van der Waals surface area contributed by atoms with Crippen molar-refractivity contribution in [2.45, 2.75) is 6.42 Å². The highest BCUT2D eigenvalue weighted by Gasteiger charge is 2.14. The van der Waals surface area contributed by atoms with Crippen LogP contribution in [0.15, 0.2) is 40.9 Å². The normalized spacial score (nSPS) is 10.3. The van der Waals surface area contributed by atoms with Crippen LogP contribution in [-0.4, -0.2) is 12.9 Å². The molecule has 0 aliphatic rings. The first-order valence-corrected chi connectivity index (χ1v) is 6.72. The van der Waals surface area contributed by atoms with Crippen LogP contribution in [0.2, 0.25) is 0 Å². The lowest BCUT2D eigenvalue weighted by Crippen LogP contribution is -2.08. The quantitative estimate of drug-likeness (QED) is 0.685. The fourth-order valence-corrected chi connectivity index (χ4v) is 2.47. The molecule has 2 N–H and O–H groups in total. The molecule has 104 valence electrons. The fourth-order valence-electron chi connectivity index (χ4n) is 1.88. The highest BCUT2D eigenvalue weighted by Crippen LogP contribution is 2.26. The first-order valence-electron chi connectivity index (χ1n) is 5.92. The van der Waals surface area contributed by atoms with Crippen molar-refractivity contribution in [2.75, 3.05) is 12.8 Å². The van der Waals surface area contributed by atoms with Crippen LogP contribution in [0.5, 0.6) is 5.75 Å². The SMILES string of the molecule is COc1ccc(CC(=O)c2cccc(F)c2N)cc1Br. The number of nitrogen functional groups attached to an aromatic ring is 1. The van der Waals surface area contributed by atoms with Crippen molar-refractivity contribution in [3.8, 4) is 5.75 Å². The van der Waals surface area contributed by atoms with E-state index >= 15 is 0 Å². The van der Waals surface area contributed by atoms with Crippen molar-refractivity contribution in [3.63, 3.8) is 0 Å². The number of benzene rings is 2. The first-order chi connectivity index (χ1) is 9.52. The molecule has 0 atom stereocenters. The van der Waals surface area contributed by atoms with Crippen molar-refractivity contribution < 1.29 is 13.9 Å². The van der Waals surface area contributed by atoms with E-state index in [4.69, 9.17) is 10.5 Å². The molecule has 0 radical (unpaired) electrons. The number of ketones is 1. The van der Waals surface area contributed by atoms with E-state index in [1.54, 1.807) is 25.3 Å². The minimum Gasteiger partial charge on any atom is -0.496 e. The Hall–Kier alpha value is -1.88. The minimum absolute atomic E-state index is 0.106. The summed E-state index contributed by atoms with van der Waals surface area (Å²) in [5, 5.41) is 0. The van der Waals surface area contributed by atoms with Crippen molar-refractivity contribution in [3.05, 3.63) is 57.8 Å². The van der Waals surface area contributed by atoms with E-state index in [9.17, 15) is 9.18 Å². The molecule has 2 rings (SSSR count). The Balaban J connectivity index is 2.24. The molecule has 5 heteroatoms. The van der Waals surface area contributed by atoms with Crippen LogP contribution in [0.3, 0.4) is 0 Å². The van der Waals surface area contributed by atoms with Gasteiger partial charge < -0.3 is 10.5 Å². The molecule has 0 bridgehead atoms. The lowest BCUT2D eigenvalue weighted by Gasteiger charge is -2.08. The molecule has 0 unspecified atom stereocenters. The van der Waals surface area contributed by atoms with Gasteiger partial charge in [0.1, 0.15) is 11.6 Å². The number of hydrogen-bond acceptors (Lipinski definition) is 3. The Bertz CT molecular complexity index is 658. The number of hydrogen-bond donors (Lipinski definition) is 1. The predicted octanol–water partition coefficient (Wildman–Crippen LogP) is 3.60. The van der Waals surface area contributed by atoms with Gasteiger partial charge in [0.2, 0.25) is 0 Å². The molecule has 2 aromatic carbocycles. The number of carbonyl (C=O) groups is 1. The average Bonchev–Trinajstić information content (AvgIpc) is 2.42. The summed E-state index contributed by atoms with van der Waals surface area (Å²) in [7, 11) is 1.57. The van der Waals surface area contributed by atoms with Gasteiger partial charge in [-0.05, 0) is 45.8 Å². The van der Waals surface area contributed by atoms with Crippen LogP contribution in [0.4, 0.5) is 10.1 Å². The van der Waals surface area contributed by atoms with Gasteiger partial charge in [0.05, 0.1) is 17.3 Å². The maximum atomic E-state index is 13.3. The van der Waals surface area contributed by atoms with Gasteiger partial charge in [-0.2, -0.15) is 0 Å². The van der Waals surface area contributed by atoms with Crippen molar-refractivity contribution in [2.24, 2.45) is 0 Å². The molecule has 0 aliphatic heterocycles. The summed E-state index contributed by atoms with van der Waals surface area (Å²) < 4.78 is 19.2. The lowest BCUT2D eigenvalue weighted by atomic mass is 10.0. The Morgan fingerprint density at radius 2 is 2.10 bits per heavy atom. The third-order valence-electron chi connectivity index (χ3n) is 2.93. The zero-order chi connectivity index (χ0) is 14.7. The van der Waals surface area contributed by atoms with E-state index in [-0.39, 0.29) is 23.5 Å². The number of nitrogens with two attached hydrogens (primary N) is 1. The number of rotatable bonds is 4. The second-order valence-corrected chi connectivity index (χ2v) is 5.12. The molecule has 3 nitrogen and oxygen atoms in total. The topological polar surface area (TPSA) is 52.3 Å². The van der Waals surface area contributed by atoms with E-state index in [0.29, 0.717) is 5.75 Å². The lowest BCUT2D eigenvalue weighted by molar-refractivity contribution is 0.0993. The standard InChI is InChI=1S/C15H13BrFNO2/c1-20-14-6-5-9(7-11(14)16)8-13(19)10-3-2-4-12(17)15(10)18/h2-7H,8,18H2,1H3. The van der Waals surface area contributed by atoms with Gasteiger partial charge >= 0.3 is 0 Å². The summed E-state index contributed by atoms with van der Waals surface area (Å²) in [6.45, 7) is 0. The molecule has 0 aromatic heterocycles. The van der Waals surface area contributed by atoms with Crippen molar-refractivity contribution >= 4 is 27.4 Å². The maximum Gasteiger partial charge on any atom is 0.169 e. The highest BCUT2D eigenvalue weighted by molar-refractivity contribution is 9.10. The maximum absolute atomic E-state index is 13.3. The number of carbonyl (C=O) groups excluding carboxylic acids is 1. The van der Waals surface area contributed by atoms with E-state index in [1.165, 1.54) is 18.2 Å². The molecular weight excluding hydrogens is 325 g/mol. The molecule has 0 heterocycles. The number of halogens is 2. The van der Waals surface area contributed by atoms with Gasteiger partial charge in [0.25, 0.3) is 0 Å². The minimum atomic E-state index is -0.577. The summed E-state index contributed by atoms with van der Waals surface area (Å²) in [6, 6.07) is 9.59. The molecule has 0 amide bonds. The average molecular weight is 338 g/mol. The summed E-state index contributed by atoms with van der Waals surface area (Å²) in [6.07, 6.45) is 0.149. The van der Waals surface area contributed by atoms with E-state index in [0.717, 1.165) is 10.0 Å². The van der Waals surface area contributed by atoms with Crippen LogP contribution >= 0.6 is 15.9 Å². The Morgan fingerprint density at radius 3 is 2.75 bits per heavy atom. The van der Waals surface area contributed by atoms with Gasteiger partial charge in [0.15, 0.2) is 5.78 Å². The molecule has 0 aliphatic carbocycles. The number of methoxy groups -OCH3 is 1. The summed E-state index contributed by atoms with van der Waals surface area (Å²) in [5.41, 5.74) is 6.48. The zero-order valence-corrected chi connectivity index (χ0v) is 12.4. The van der Waals surface area contributed by atoms with Gasteiger partial charge in [-0.25, -0.2) is 4.39 Å². The van der Waals surface area contributed by atoms with Crippen LogP contribution in [-0.2, 0) is 6.42 Å². The second-order valence-electron chi connectivity index (χ2n) is 4.27. The van der Waals surface area contributed by atoms with E-state index in [2.05, 4.69) is 15.9 Å². The smallest absolute Gasteiger partial charge is 0.169 e. The molecule has 0 fully saturated rings. The summed E-state index contributed by atoms with van der Waals surface area (Å²) in [4.78, 5) is 12.2. The molecule has 20 heavy (non-hydrogen) atoms. The predicted molar refractivity (Wildman–Crippen MR) is 79.5 cm³/mol. The molecule has 0 spiro atoms. The molecule has 2 aromatic rings. The summed E-state index contributed by atoms with van der Waals surface area (Å²) in [5.74, 6) is -0.114. The Morgan fingerprint density at radius 1 is 1.35 bits per heavy atom. The Labute approximate surface area is 124 Å². The van der Waals surface area contributed by atoms with Crippen LogP contribution < -0.4 is 10.5 Å². The van der Waals surface area contributed by atoms with Gasteiger partial charge in [-0.1, -0.05) is 12.1 Å². The van der Waals surface area contributed by atoms with Crippen LogP contribution in [0.25, 0.3) is 0 Å². The number of anilines is 1. The third-order valence-corrected chi connectivity index (χ3v) is 3.55. The molecule has 0 saturated heterocycles. The van der Waals surface area contributed by atoms with Crippen LogP contribution in [0.1, 0.15) is 15.9 Å². The van der Waals surface area contributed by atoms with Crippen molar-refractivity contribution in [1.82, 2.24) is 0 Å². The van der Waals surface area contributed by atoms with E-state index in [1.807, 2.05) is 0 Å². The molecule has 0 saturated carbocycles. The fraction of sp³-hybridized carbons (Fsp3) is 0.133. The van der Waals surface area contributed by atoms with Gasteiger partial charge in [-0.3, -0.25) is 4.79 Å². The van der Waals surface area contributed by atoms with E-state index < -0.39 is 5.82 Å². The zero-order valence-electron chi connectivity index (χ0n) is 10.8. The second kappa shape index (κ2) is 6.05. The molecular formula is C15H13BrFNO2. The monoisotopic (exact) mass is 337 g/mol.